The maximum atomic E-state index is 10.8. The Hall–Kier alpha value is -1.62. The summed E-state index contributed by atoms with van der Waals surface area (Å²) in [6, 6.07) is 3.87. The van der Waals surface area contributed by atoms with Crippen molar-refractivity contribution in [3.63, 3.8) is 0 Å². The molecule has 88 valence electrons. The van der Waals surface area contributed by atoms with Crippen LogP contribution in [0.3, 0.4) is 0 Å². The molecule has 0 aliphatic heterocycles. The third-order valence-corrected chi connectivity index (χ3v) is 2.19. The van der Waals surface area contributed by atoms with Crippen molar-refractivity contribution in [3.05, 3.63) is 23.9 Å². The summed E-state index contributed by atoms with van der Waals surface area (Å²) < 4.78 is 0. The van der Waals surface area contributed by atoms with Crippen molar-refractivity contribution in [2.45, 2.75) is 13.5 Å². The van der Waals surface area contributed by atoms with Crippen LogP contribution in [-0.2, 0) is 11.3 Å². The number of carbonyl (C=O) groups is 1. The van der Waals surface area contributed by atoms with Crippen molar-refractivity contribution in [2.75, 3.05) is 25.0 Å². The lowest BCUT2D eigenvalue weighted by Gasteiger charge is -2.19. The molecular weight excluding hydrogens is 204 g/mol. The van der Waals surface area contributed by atoms with Crippen molar-refractivity contribution in [1.82, 2.24) is 10.3 Å². The number of aromatic nitrogens is 1. The zero-order valence-corrected chi connectivity index (χ0v) is 9.73. The Bertz CT molecular complexity index is 354. The van der Waals surface area contributed by atoms with E-state index in [0.717, 1.165) is 24.5 Å². The number of hydrogen-bond donors (Lipinski definition) is 2. The molecule has 16 heavy (non-hydrogen) atoms. The van der Waals surface area contributed by atoms with E-state index >= 15 is 0 Å². The van der Waals surface area contributed by atoms with E-state index < -0.39 is 0 Å². The van der Waals surface area contributed by atoms with Crippen LogP contribution < -0.4 is 16.0 Å². The molecule has 0 aromatic carbocycles. The van der Waals surface area contributed by atoms with Crippen LogP contribution in [0.5, 0.6) is 0 Å². The average Bonchev–Trinajstić information content (AvgIpc) is 2.25. The standard InChI is InChI=1S/C11H18N4O/c1-3-13-7-9-5-4-6-14-11(9)15(2)8-10(12)16/h4-6,13H,3,7-8H2,1-2H3,(H2,12,16). The monoisotopic (exact) mass is 222 g/mol. The van der Waals surface area contributed by atoms with Gasteiger partial charge in [0.2, 0.25) is 5.91 Å². The molecule has 0 aliphatic carbocycles. The molecule has 1 heterocycles. The van der Waals surface area contributed by atoms with Gasteiger partial charge in [0, 0.05) is 25.4 Å². The summed E-state index contributed by atoms with van der Waals surface area (Å²) in [5.41, 5.74) is 6.22. The number of nitrogens with zero attached hydrogens (tertiary/aromatic N) is 2. The van der Waals surface area contributed by atoms with Crippen LogP contribution in [-0.4, -0.2) is 31.0 Å². The quantitative estimate of drug-likeness (QED) is 0.717. The molecule has 0 bridgehead atoms. The number of amides is 1. The first kappa shape index (κ1) is 12.4. The SMILES string of the molecule is CCNCc1cccnc1N(C)CC(N)=O. The van der Waals surface area contributed by atoms with Gasteiger partial charge in [-0.05, 0) is 12.6 Å². The smallest absolute Gasteiger partial charge is 0.236 e. The van der Waals surface area contributed by atoms with Gasteiger partial charge in [-0.25, -0.2) is 4.98 Å². The number of pyridine rings is 1. The summed E-state index contributed by atoms with van der Waals surface area (Å²) >= 11 is 0. The van der Waals surface area contributed by atoms with Gasteiger partial charge in [-0.2, -0.15) is 0 Å². The minimum Gasteiger partial charge on any atom is -0.368 e. The van der Waals surface area contributed by atoms with Gasteiger partial charge in [0.25, 0.3) is 0 Å². The Morgan fingerprint density at radius 2 is 2.38 bits per heavy atom. The Morgan fingerprint density at radius 1 is 1.62 bits per heavy atom. The second-order valence-electron chi connectivity index (χ2n) is 3.59. The minimum atomic E-state index is -0.359. The molecule has 0 fully saturated rings. The van der Waals surface area contributed by atoms with Crippen molar-refractivity contribution >= 4 is 11.7 Å². The first-order valence-corrected chi connectivity index (χ1v) is 5.29. The topological polar surface area (TPSA) is 71.2 Å². The van der Waals surface area contributed by atoms with Gasteiger partial charge in [-0.3, -0.25) is 4.79 Å². The lowest BCUT2D eigenvalue weighted by Crippen LogP contribution is -2.32. The highest BCUT2D eigenvalue weighted by molar-refractivity contribution is 5.79. The molecule has 0 saturated carbocycles. The average molecular weight is 222 g/mol. The van der Waals surface area contributed by atoms with Crippen LogP contribution in [0.1, 0.15) is 12.5 Å². The van der Waals surface area contributed by atoms with E-state index in [2.05, 4.69) is 10.3 Å². The van der Waals surface area contributed by atoms with Gasteiger partial charge in [0.15, 0.2) is 0 Å². The maximum Gasteiger partial charge on any atom is 0.236 e. The molecule has 0 unspecified atom stereocenters. The van der Waals surface area contributed by atoms with Gasteiger partial charge < -0.3 is 16.0 Å². The maximum absolute atomic E-state index is 10.8. The van der Waals surface area contributed by atoms with Gasteiger partial charge in [-0.1, -0.05) is 13.0 Å². The molecule has 0 aliphatic rings. The van der Waals surface area contributed by atoms with Crippen LogP contribution in [0.2, 0.25) is 0 Å². The predicted molar refractivity (Wildman–Crippen MR) is 64.1 cm³/mol. The van der Waals surface area contributed by atoms with Crippen LogP contribution in [0, 0.1) is 0 Å². The molecule has 1 aromatic rings. The molecule has 3 N–H and O–H groups in total. The second kappa shape index (κ2) is 6.07. The van der Waals surface area contributed by atoms with Crippen LogP contribution in [0.25, 0.3) is 0 Å². The Labute approximate surface area is 95.7 Å². The Balaban J connectivity index is 2.80. The molecular formula is C11H18N4O. The third kappa shape index (κ3) is 3.51. The predicted octanol–water partition coefficient (Wildman–Crippen LogP) is 0.113. The first-order valence-electron chi connectivity index (χ1n) is 5.29. The van der Waals surface area contributed by atoms with E-state index in [1.165, 1.54) is 0 Å². The molecule has 5 heteroatoms. The fourth-order valence-corrected chi connectivity index (χ4v) is 1.48. The number of carbonyl (C=O) groups excluding carboxylic acids is 1. The van der Waals surface area contributed by atoms with Crippen molar-refractivity contribution < 1.29 is 4.79 Å². The molecule has 0 spiro atoms. The van der Waals surface area contributed by atoms with Crippen LogP contribution in [0.4, 0.5) is 5.82 Å². The fourth-order valence-electron chi connectivity index (χ4n) is 1.48. The van der Waals surface area contributed by atoms with E-state index in [1.807, 2.05) is 26.1 Å². The number of nitrogens with two attached hydrogens (primary N) is 1. The zero-order chi connectivity index (χ0) is 12.0. The molecule has 1 amide bonds. The van der Waals surface area contributed by atoms with E-state index in [1.54, 1.807) is 11.1 Å². The Morgan fingerprint density at radius 3 is 3.00 bits per heavy atom. The highest BCUT2D eigenvalue weighted by Crippen LogP contribution is 2.14. The second-order valence-corrected chi connectivity index (χ2v) is 3.59. The van der Waals surface area contributed by atoms with E-state index in [0.29, 0.717) is 0 Å². The lowest BCUT2D eigenvalue weighted by atomic mass is 10.2. The third-order valence-electron chi connectivity index (χ3n) is 2.19. The van der Waals surface area contributed by atoms with E-state index in [9.17, 15) is 4.79 Å². The molecule has 1 rings (SSSR count). The fraction of sp³-hybridized carbons (Fsp3) is 0.455. The highest BCUT2D eigenvalue weighted by Gasteiger charge is 2.09. The van der Waals surface area contributed by atoms with E-state index in [4.69, 9.17) is 5.73 Å². The number of rotatable bonds is 6. The van der Waals surface area contributed by atoms with Gasteiger partial charge in [-0.15, -0.1) is 0 Å². The highest BCUT2D eigenvalue weighted by atomic mass is 16.1. The molecule has 5 nitrogen and oxygen atoms in total. The van der Waals surface area contributed by atoms with Crippen molar-refractivity contribution in [3.8, 4) is 0 Å². The summed E-state index contributed by atoms with van der Waals surface area (Å²) in [6.07, 6.45) is 1.71. The molecule has 1 aromatic heterocycles. The number of likely N-dealkylation sites (N-methyl/N-ethyl adjacent to an activating group) is 1. The van der Waals surface area contributed by atoms with Crippen LogP contribution in [0.15, 0.2) is 18.3 Å². The zero-order valence-electron chi connectivity index (χ0n) is 9.73. The van der Waals surface area contributed by atoms with Crippen molar-refractivity contribution in [1.29, 1.82) is 0 Å². The normalized spacial score (nSPS) is 10.1. The van der Waals surface area contributed by atoms with Gasteiger partial charge >= 0.3 is 0 Å². The number of primary amides is 1. The summed E-state index contributed by atoms with van der Waals surface area (Å²) in [5.74, 6) is 0.435. The first-order chi connectivity index (χ1) is 7.65. The minimum absolute atomic E-state index is 0.177. The molecule has 0 atom stereocenters. The van der Waals surface area contributed by atoms with Gasteiger partial charge in [0.05, 0.1) is 6.54 Å². The summed E-state index contributed by atoms with van der Waals surface area (Å²) in [4.78, 5) is 16.9. The lowest BCUT2D eigenvalue weighted by molar-refractivity contribution is -0.116. The summed E-state index contributed by atoms with van der Waals surface area (Å²) in [5, 5.41) is 3.23. The number of nitrogens with one attached hydrogen (secondary N) is 1. The largest absolute Gasteiger partial charge is 0.368 e. The number of hydrogen-bond acceptors (Lipinski definition) is 4. The van der Waals surface area contributed by atoms with Crippen LogP contribution >= 0.6 is 0 Å². The van der Waals surface area contributed by atoms with Crippen molar-refractivity contribution in [2.24, 2.45) is 5.73 Å². The Kier molecular flexibility index (Phi) is 4.72. The number of anilines is 1. The van der Waals surface area contributed by atoms with Gasteiger partial charge in [0.1, 0.15) is 5.82 Å². The molecule has 0 radical (unpaired) electrons. The van der Waals surface area contributed by atoms with E-state index in [-0.39, 0.29) is 12.5 Å². The molecule has 0 saturated heterocycles. The summed E-state index contributed by atoms with van der Waals surface area (Å²) in [7, 11) is 1.81. The summed E-state index contributed by atoms with van der Waals surface area (Å²) in [6.45, 7) is 3.86.